The summed E-state index contributed by atoms with van der Waals surface area (Å²) in [6.45, 7) is 0. The van der Waals surface area contributed by atoms with Gasteiger partial charge in [-0.25, -0.2) is 9.97 Å². The number of rotatable bonds is 4. The molecular formula is C58H36N6. The van der Waals surface area contributed by atoms with Gasteiger partial charge in [0.05, 0.1) is 39.4 Å². The fourth-order valence-electron chi connectivity index (χ4n) is 9.02. The van der Waals surface area contributed by atoms with Crippen LogP contribution >= 0.6 is 0 Å². The monoisotopic (exact) mass is 816 g/mol. The van der Waals surface area contributed by atoms with Gasteiger partial charge in [-0.3, -0.25) is 9.97 Å². The van der Waals surface area contributed by atoms with Crippen LogP contribution in [-0.2, 0) is 0 Å². The van der Waals surface area contributed by atoms with Crippen molar-refractivity contribution < 1.29 is 0 Å². The minimum absolute atomic E-state index is 0.769. The van der Waals surface area contributed by atoms with E-state index in [4.69, 9.17) is 19.9 Å². The van der Waals surface area contributed by atoms with Crippen LogP contribution in [-0.4, -0.2) is 29.9 Å². The number of nitrogens with one attached hydrogen (secondary N) is 2. The molecule has 0 atom stereocenters. The summed E-state index contributed by atoms with van der Waals surface area (Å²) in [5, 5.41) is 1.93. The molecule has 6 nitrogen and oxygen atoms in total. The fourth-order valence-corrected chi connectivity index (χ4v) is 9.02. The van der Waals surface area contributed by atoms with Gasteiger partial charge in [0.2, 0.25) is 0 Å². The fraction of sp³-hybridized carbons (Fsp3) is 0. The first kappa shape index (κ1) is 36.9. The lowest BCUT2D eigenvalue weighted by Gasteiger charge is -2.07. The van der Waals surface area contributed by atoms with Gasteiger partial charge in [0.1, 0.15) is 0 Å². The van der Waals surface area contributed by atoms with Gasteiger partial charge in [-0.1, -0.05) is 139 Å². The Balaban J connectivity index is 1.24. The van der Waals surface area contributed by atoms with Crippen molar-refractivity contribution in [2.24, 2.45) is 0 Å². The molecule has 0 fully saturated rings. The Hall–Kier alpha value is -8.92. The van der Waals surface area contributed by atoms with Crippen LogP contribution in [0.25, 0.3) is 112 Å². The van der Waals surface area contributed by atoms with Gasteiger partial charge >= 0.3 is 0 Å². The van der Waals surface area contributed by atoms with Crippen LogP contribution in [0.3, 0.4) is 0 Å². The third-order valence-electron chi connectivity index (χ3n) is 11.9. The number of pyridine rings is 2. The Morgan fingerprint density at radius 3 is 1.41 bits per heavy atom. The largest absolute Gasteiger partial charge is 0.354 e. The molecule has 0 saturated heterocycles. The van der Waals surface area contributed by atoms with Gasteiger partial charge in [-0.05, 0) is 89.0 Å². The minimum atomic E-state index is 0.769. The maximum absolute atomic E-state index is 5.65. The number of hydrogen-bond acceptors (Lipinski definition) is 4. The van der Waals surface area contributed by atoms with Gasteiger partial charge in [-0.2, -0.15) is 0 Å². The van der Waals surface area contributed by atoms with Crippen molar-refractivity contribution in [1.82, 2.24) is 29.9 Å². The normalized spacial score (nSPS) is 12.0. The number of allylic oxidation sites excluding steroid dienone is 1. The Morgan fingerprint density at radius 2 is 0.859 bits per heavy atom. The van der Waals surface area contributed by atoms with Crippen molar-refractivity contribution in [2.45, 2.75) is 0 Å². The molecule has 2 aliphatic heterocycles. The van der Waals surface area contributed by atoms with E-state index >= 15 is 0 Å². The van der Waals surface area contributed by atoms with Gasteiger partial charge in [0.15, 0.2) is 0 Å². The number of fused-ring (bicyclic) bond motifs is 11. The molecule has 2 N–H and O–H groups in total. The third kappa shape index (κ3) is 6.48. The molecule has 0 saturated carbocycles. The highest BCUT2D eigenvalue weighted by atomic mass is 14.8. The van der Waals surface area contributed by atoms with E-state index in [2.05, 4.69) is 180 Å². The van der Waals surface area contributed by atoms with Gasteiger partial charge in [0.25, 0.3) is 0 Å². The molecule has 10 aromatic rings. The van der Waals surface area contributed by atoms with E-state index in [9.17, 15) is 0 Å². The minimum Gasteiger partial charge on any atom is -0.354 e. The van der Waals surface area contributed by atoms with Crippen molar-refractivity contribution in [1.29, 1.82) is 0 Å². The second-order valence-corrected chi connectivity index (χ2v) is 15.8. The Bertz CT molecular complexity index is 3760. The Labute approximate surface area is 369 Å². The zero-order chi connectivity index (χ0) is 42.4. The van der Waals surface area contributed by atoms with E-state index in [1.165, 1.54) is 0 Å². The molecule has 0 unspecified atom stereocenters. The van der Waals surface area contributed by atoms with Gasteiger partial charge in [0, 0.05) is 73.1 Å². The summed E-state index contributed by atoms with van der Waals surface area (Å²) < 4.78 is 0. The maximum Gasteiger partial charge on any atom is 0.0977 e. The second-order valence-electron chi connectivity index (χ2n) is 15.8. The predicted molar refractivity (Wildman–Crippen MR) is 263 cm³/mol. The smallest absolute Gasteiger partial charge is 0.0977 e. The SMILES string of the molecule is C(#Cc1cc2cccnc2c2ncccc12)C1=Cc2nc1c(-c1ccccc1)c1ccc([nH]1)c(-c1ccccc1)c1nc(c(-c3ccccc3)c3ccc([nH]3)c2-c2ccccc2)C=C1. The Morgan fingerprint density at radius 1 is 0.391 bits per heavy atom. The summed E-state index contributed by atoms with van der Waals surface area (Å²) in [5.41, 5.74) is 18.4. The standard InChI is InChI=1S/C58H36N6/c1-5-15-37(16-6-1)52-45-27-28-46(61-45)53(38-17-7-2-8-18-38)48-31-32-50(63-48)55(40-21-11-4-12-22-40)56-43(26-25-41-35-42-23-13-33-59-57(42)58-44(41)24-14-34-60-58)36-51(64-56)54(39-19-9-3-10-20-39)49-30-29-47(52)62-49/h1-24,27-36,62-63H. The number of H-pyrrole nitrogens is 2. The highest BCUT2D eigenvalue weighted by molar-refractivity contribution is 6.08. The van der Waals surface area contributed by atoms with E-state index in [0.717, 1.165) is 122 Å². The molecule has 0 aliphatic carbocycles. The number of aromatic amines is 2. The molecule has 8 bridgehead atoms. The van der Waals surface area contributed by atoms with Crippen LogP contribution in [0.2, 0.25) is 0 Å². The highest BCUT2D eigenvalue weighted by Crippen LogP contribution is 2.40. The van der Waals surface area contributed by atoms with E-state index in [1.54, 1.807) is 0 Å². The van der Waals surface area contributed by atoms with Crippen molar-refractivity contribution in [3.8, 4) is 56.3 Å². The summed E-state index contributed by atoms with van der Waals surface area (Å²) in [5.74, 6) is 7.28. The summed E-state index contributed by atoms with van der Waals surface area (Å²) in [6, 6.07) is 60.7. The molecule has 0 spiro atoms. The molecule has 298 valence electrons. The van der Waals surface area contributed by atoms with Crippen LogP contribution in [0.5, 0.6) is 0 Å². The van der Waals surface area contributed by atoms with E-state index < -0.39 is 0 Å². The molecule has 12 rings (SSSR count). The summed E-state index contributed by atoms with van der Waals surface area (Å²) in [7, 11) is 0. The second kappa shape index (κ2) is 15.5. The first-order chi connectivity index (χ1) is 31.7. The van der Waals surface area contributed by atoms with Crippen molar-refractivity contribution >= 4 is 67.7 Å². The van der Waals surface area contributed by atoms with Crippen LogP contribution in [0.15, 0.2) is 188 Å². The lowest BCUT2D eigenvalue weighted by atomic mass is 9.99. The lowest BCUT2D eigenvalue weighted by Crippen LogP contribution is -1.91. The molecule has 0 amide bonds. The molecule has 5 aromatic heterocycles. The highest BCUT2D eigenvalue weighted by Gasteiger charge is 2.22. The van der Waals surface area contributed by atoms with Crippen molar-refractivity contribution in [3.05, 3.63) is 217 Å². The average Bonchev–Trinajstić information content (AvgIpc) is 4.20. The quantitative estimate of drug-likeness (QED) is 0.137. The molecule has 5 aromatic carbocycles. The van der Waals surface area contributed by atoms with E-state index in [0.29, 0.717) is 0 Å². The number of nitrogens with zero attached hydrogens (tertiary/aromatic N) is 4. The first-order valence-corrected chi connectivity index (χ1v) is 21.3. The van der Waals surface area contributed by atoms with Gasteiger partial charge < -0.3 is 9.97 Å². The zero-order valence-electron chi connectivity index (χ0n) is 34.4. The number of aromatic nitrogens is 6. The van der Waals surface area contributed by atoms with E-state index in [-0.39, 0.29) is 0 Å². The zero-order valence-corrected chi connectivity index (χ0v) is 34.4. The molecule has 2 aliphatic rings. The number of hydrogen-bond donors (Lipinski definition) is 2. The molecular weight excluding hydrogens is 781 g/mol. The maximum atomic E-state index is 5.65. The number of benzene rings is 5. The van der Waals surface area contributed by atoms with Crippen molar-refractivity contribution in [3.63, 3.8) is 0 Å². The third-order valence-corrected chi connectivity index (χ3v) is 11.9. The van der Waals surface area contributed by atoms with Crippen LogP contribution in [0.1, 0.15) is 28.3 Å². The summed E-state index contributed by atoms with van der Waals surface area (Å²) >= 11 is 0. The van der Waals surface area contributed by atoms with Gasteiger partial charge in [-0.15, -0.1) is 0 Å². The molecule has 64 heavy (non-hydrogen) atoms. The Kier molecular flexibility index (Phi) is 8.95. The molecule has 7 heterocycles. The summed E-state index contributed by atoms with van der Waals surface area (Å²) in [4.78, 5) is 28.3. The summed E-state index contributed by atoms with van der Waals surface area (Å²) in [6.07, 6.45) is 10.0. The predicted octanol–water partition coefficient (Wildman–Crippen LogP) is 13.8. The van der Waals surface area contributed by atoms with Crippen molar-refractivity contribution in [2.75, 3.05) is 0 Å². The van der Waals surface area contributed by atoms with Crippen LogP contribution in [0, 0.1) is 11.8 Å². The topological polar surface area (TPSA) is 83.1 Å². The average molecular weight is 817 g/mol. The van der Waals surface area contributed by atoms with Crippen LogP contribution < -0.4 is 0 Å². The van der Waals surface area contributed by atoms with E-state index in [1.807, 2.05) is 48.8 Å². The molecule has 6 heteroatoms. The lowest BCUT2D eigenvalue weighted by molar-refractivity contribution is 1.31. The molecule has 0 radical (unpaired) electrons. The van der Waals surface area contributed by atoms with Crippen LogP contribution in [0.4, 0.5) is 0 Å². The first-order valence-electron chi connectivity index (χ1n) is 21.3.